The third kappa shape index (κ3) is 4.39. The number of rotatable bonds is 5. The molecule has 0 bridgehead atoms. The molecule has 0 atom stereocenters. The molecule has 3 nitrogen and oxygen atoms in total. The molecule has 0 unspecified atom stereocenters. The predicted octanol–water partition coefficient (Wildman–Crippen LogP) is 11.6. The minimum atomic E-state index is -0.427. The van der Waals surface area contributed by atoms with Crippen molar-refractivity contribution in [2.24, 2.45) is 0 Å². The van der Waals surface area contributed by atoms with Crippen molar-refractivity contribution in [3.63, 3.8) is 0 Å². The van der Waals surface area contributed by atoms with Gasteiger partial charge >= 0.3 is 0 Å². The first kappa shape index (κ1) is 28.8. The summed E-state index contributed by atoms with van der Waals surface area (Å²) in [5.41, 5.74) is 10.3. The highest BCUT2D eigenvalue weighted by molar-refractivity contribution is 7.25. The average molecular weight is 656 g/mol. The van der Waals surface area contributed by atoms with Crippen LogP contribution in [0.3, 0.4) is 0 Å². The minimum Gasteiger partial charge on any atom is -0.208 e. The fourth-order valence-electron chi connectivity index (χ4n) is 7.80. The lowest BCUT2D eigenvalue weighted by Gasteiger charge is -2.34. The van der Waals surface area contributed by atoms with Crippen LogP contribution < -0.4 is 0 Å². The van der Waals surface area contributed by atoms with Gasteiger partial charge in [0.15, 0.2) is 17.5 Å². The third-order valence-electron chi connectivity index (χ3n) is 10.0. The van der Waals surface area contributed by atoms with Crippen molar-refractivity contribution < 1.29 is 0 Å². The molecule has 0 radical (unpaired) electrons. The highest BCUT2D eigenvalue weighted by Crippen LogP contribution is 2.56. The van der Waals surface area contributed by atoms with Crippen LogP contribution in [0.15, 0.2) is 176 Å². The zero-order chi connectivity index (χ0) is 33.1. The molecule has 7 aromatic carbocycles. The fraction of sp³-hybridized carbons (Fsp3) is 0.0217. The molecule has 10 rings (SSSR count). The van der Waals surface area contributed by atoms with Crippen LogP contribution >= 0.6 is 11.3 Å². The maximum atomic E-state index is 4.99. The highest BCUT2D eigenvalue weighted by atomic mass is 32.1. The largest absolute Gasteiger partial charge is 0.208 e. The van der Waals surface area contributed by atoms with Crippen LogP contribution in [0.5, 0.6) is 0 Å². The number of hydrogen-bond donors (Lipinski definition) is 0. The van der Waals surface area contributed by atoms with Gasteiger partial charge in [0.05, 0.1) is 5.41 Å². The minimum absolute atomic E-state index is 0.427. The molecule has 50 heavy (non-hydrogen) atoms. The summed E-state index contributed by atoms with van der Waals surface area (Å²) in [6, 6.07) is 62.8. The van der Waals surface area contributed by atoms with Gasteiger partial charge in [0, 0.05) is 36.9 Å². The summed E-state index contributed by atoms with van der Waals surface area (Å²) >= 11 is 1.82. The number of hydrogen-bond acceptors (Lipinski definition) is 4. The standard InChI is InChI=1S/C46H29N3S/c1-4-14-30(15-5-1)43-47-44(31-16-6-2-7-17-31)49-45(48-43)32-24-26-37-38-29-34(25-27-41(38)50-42(37)28-32)46(33-18-8-3-9-19-33)39-22-12-10-20-35(39)36-21-11-13-23-40(36)46/h1-29H. The van der Waals surface area contributed by atoms with E-state index in [9.17, 15) is 0 Å². The molecule has 1 aliphatic rings. The number of nitrogens with zero attached hydrogens (tertiary/aromatic N) is 3. The lowest BCUT2D eigenvalue weighted by atomic mass is 9.67. The first-order chi connectivity index (χ1) is 24.8. The molecule has 234 valence electrons. The highest BCUT2D eigenvalue weighted by Gasteiger charge is 2.45. The van der Waals surface area contributed by atoms with Crippen molar-refractivity contribution in [1.29, 1.82) is 0 Å². The Hall–Kier alpha value is -6.23. The predicted molar refractivity (Wildman–Crippen MR) is 206 cm³/mol. The Labute approximate surface area is 294 Å². The monoisotopic (exact) mass is 655 g/mol. The topological polar surface area (TPSA) is 38.7 Å². The van der Waals surface area contributed by atoms with E-state index in [0.717, 1.165) is 16.7 Å². The van der Waals surface area contributed by atoms with Gasteiger partial charge in [0.2, 0.25) is 0 Å². The summed E-state index contributed by atoms with van der Waals surface area (Å²) in [4.78, 5) is 14.9. The smallest absolute Gasteiger partial charge is 0.164 e. The number of benzene rings is 7. The zero-order valence-electron chi connectivity index (χ0n) is 27.0. The van der Waals surface area contributed by atoms with Crippen molar-refractivity contribution in [3.05, 3.63) is 198 Å². The van der Waals surface area contributed by atoms with E-state index in [-0.39, 0.29) is 0 Å². The molecule has 0 amide bonds. The lowest BCUT2D eigenvalue weighted by Crippen LogP contribution is -2.28. The molecule has 0 aliphatic heterocycles. The molecule has 0 saturated heterocycles. The van der Waals surface area contributed by atoms with Gasteiger partial charge in [-0.2, -0.15) is 0 Å². The lowest BCUT2D eigenvalue weighted by molar-refractivity contribution is 0.770. The second-order valence-electron chi connectivity index (χ2n) is 12.8. The molecule has 2 heterocycles. The van der Waals surface area contributed by atoms with Gasteiger partial charge in [-0.25, -0.2) is 15.0 Å². The summed E-state index contributed by atoms with van der Waals surface area (Å²) in [6.45, 7) is 0. The van der Waals surface area contributed by atoms with E-state index in [1.165, 1.54) is 53.6 Å². The second kappa shape index (κ2) is 11.4. The number of fused-ring (bicyclic) bond motifs is 6. The molecular weight excluding hydrogens is 627 g/mol. The molecule has 1 aliphatic carbocycles. The van der Waals surface area contributed by atoms with Crippen LogP contribution in [0.4, 0.5) is 0 Å². The average Bonchev–Trinajstić information content (AvgIpc) is 3.72. The Morgan fingerprint density at radius 2 is 0.880 bits per heavy atom. The van der Waals surface area contributed by atoms with Gasteiger partial charge in [0.25, 0.3) is 0 Å². The summed E-state index contributed by atoms with van der Waals surface area (Å²) in [5, 5.41) is 2.50. The van der Waals surface area contributed by atoms with Crippen molar-refractivity contribution in [2.45, 2.75) is 5.41 Å². The van der Waals surface area contributed by atoms with Crippen molar-refractivity contribution in [3.8, 4) is 45.3 Å². The molecular formula is C46H29N3S. The van der Waals surface area contributed by atoms with E-state index in [2.05, 4.69) is 115 Å². The summed E-state index contributed by atoms with van der Waals surface area (Å²) < 4.78 is 2.47. The Kier molecular flexibility index (Phi) is 6.58. The van der Waals surface area contributed by atoms with E-state index in [1.807, 2.05) is 72.0 Å². The van der Waals surface area contributed by atoms with Gasteiger partial charge in [-0.3, -0.25) is 0 Å². The fourth-order valence-corrected chi connectivity index (χ4v) is 8.92. The summed E-state index contributed by atoms with van der Waals surface area (Å²) in [6.07, 6.45) is 0. The maximum Gasteiger partial charge on any atom is 0.164 e. The van der Waals surface area contributed by atoms with Crippen LogP contribution in [-0.4, -0.2) is 15.0 Å². The van der Waals surface area contributed by atoms with Crippen LogP contribution in [-0.2, 0) is 5.41 Å². The first-order valence-electron chi connectivity index (χ1n) is 16.9. The normalized spacial score (nSPS) is 13.0. The van der Waals surface area contributed by atoms with Crippen LogP contribution in [0.1, 0.15) is 22.3 Å². The quantitative estimate of drug-likeness (QED) is 0.185. The Morgan fingerprint density at radius 1 is 0.360 bits per heavy atom. The molecule has 0 fully saturated rings. The van der Waals surface area contributed by atoms with E-state index in [0.29, 0.717) is 17.5 Å². The zero-order valence-corrected chi connectivity index (χ0v) is 27.8. The van der Waals surface area contributed by atoms with Gasteiger partial charge in [-0.1, -0.05) is 158 Å². The SMILES string of the molecule is c1ccc(-c2nc(-c3ccccc3)nc(-c3ccc4c(c3)sc3ccc(C5(c6ccccc6)c6ccccc6-c6ccccc65)cc34)n2)cc1. The number of aromatic nitrogens is 3. The van der Waals surface area contributed by atoms with Crippen molar-refractivity contribution in [2.75, 3.05) is 0 Å². The molecule has 4 heteroatoms. The van der Waals surface area contributed by atoms with E-state index in [4.69, 9.17) is 15.0 Å². The first-order valence-corrected chi connectivity index (χ1v) is 17.7. The van der Waals surface area contributed by atoms with Crippen LogP contribution in [0, 0.1) is 0 Å². The van der Waals surface area contributed by atoms with E-state index < -0.39 is 5.41 Å². The molecule has 0 N–H and O–H groups in total. The Balaban J connectivity index is 1.16. The van der Waals surface area contributed by atoms with Gasteiger partial charge in [0.1, 0.15) is 0 Å². The molecule has 0 saturated carbocycles. The van der Waals surface area contributed by atoms with Gasteiger partial charge in [-0.05, 0) is 51.6 Å². The number of thiophene rings is 1. The van der Waals surface area contributed by atoms with Crippen LogP contribution in [0.2, 0.25) is 0 Å². The van der Waals surface area contributed by atoms with E-state index >= 15 is 0 Å². The van der Waals surface area contributed by atoms with Crippen molar-refractivity contribution in [1.82, 2.24) is 15.0 Å². The molecule has 2 aromatic heterocycles. The van der Waals surface area contributed by atoms with Gasteiger partial charge in [-0.15, -0.1) is 11.3 Å². The Morgan fingerprint density at radius 3 is 1.48 bits per heavy atom. The molecule has 9 aromatic rings. The van der Waals surface area contributed by atoms with Crippen LogP contribution in [0.25, 0.3) is 65.5 Å². The van der Waals surface area contributed by atoms with Crippen molar-refractivity contribution >= 4 is 31.5 Å². The molecule has 0 spiro atoms. The maximum absolute atomic E-state index is 4.99. The summed E-state index contributed by atoms with van der Waals surface area (Å²) in [7, 11) is 0. The van der Waals surface area contributed by atoms with Gasteiger partial charge < -0.3 is 0 Å². The second-order valence-corrected chi connectivity index (χ2v) is 13.9. The summed E-state index contributed by atoms with van der Waals surface area (Å²) in [5.74, 6) is 2.00. The Bertz CT molecular complexity index is 2600. The third-order valence-corrected chi connectivity index (χ3v) is 11.2. The van der Waals surface area contributed by atoms with E-state index in [1.54, 1.807) is 0 Å².